The van der Waals surface area contributed by atoms with Crippen molar-refractivity contribution >= 4 is 5.78 Å². The van der Waals surface area contributed by atoms with E-state index in [1.807, 2.05) is 31.2 Å². The van der Waals surface area contributed by atoms with Gasteiger partial charge in [-0.1, -0.05) is 29.8 Å². The lowest BCUT2D eigenvalue weighted by molar-refractivity contribution is -0.354. The quantitative estimate of drug-likeness (QED) is 0.230. The van der Waals surface area contributed by atoms with Gasteiger partial charge in [0.05, 0.1) is 19.1 Å². The van der Waals surface area contributed by atoms with Crippen molar-refractivity contribution in [2.45, 2.75) is 87.8 Å². The summed E-state index contributed by atoms with van der Waals surface area (Å²) >= 11 is 0. The summed E-state index contributed by atoms with van der Waals surface area (Å²) in [5.41, 5.74) is 1.77. The van der Waals surface area contributed by atoms with E-state index in [0.29, 0.717) is 0 Å². The highest BCUT2D eigenvalue weighted by Crippen LogP contribution is 2.43. The van der Waals surface area contributed by atoms with Gasteiger partial charge in [0.2, 0.25) is 6.29 Å². The van der Waals surface area contributed by atoms with E-state index in [9.17, 15) is 40.5 Å². The van der Waals surface area contributed by atoms with Crippen molar-refractivity contribution in [2.24, 2.45) is 0 Å². The van der Waals surface area contributed by atoms with Gasteiger partial charge in [-0.05, 0) is 19.4 Å². The second-order valence-electron chi connectivity index (χ2n) is 10.6. The van der Waals surface area contributed by atoms with Crippen molar-refractivity contribution < 1.29 is 64.2 Å². The van der Waals surface area contributed by atoms with Crippen molar-refractivity contribution in [3.63, 3.8) is 0 Å². The molecule has 0 radical (unpaired) electrons. The zero-order valence-corrected chi connectivity index (χ0v) is 22.3. The van der Waals surface area contributed by atoms with Gasteiger partial charge in [-0.2, -0.15) is 0 Å². The van der Waals surface area contributed by atoms with Crippen molar-refractivity contribution in [3.8, 4) is 17.2 Å². The van der Waals surface area contributed by atoms with E-state index in [-0.39, 0.29) is 29.3 Å². The van der Waals surface area contributed by atoms with Crippen LogP contribution in [0.5, 0.6) is 17.2 Å². The van der Waals surface area contributed by atoms with E-state index >= 15 is 0 Å². The van der Waals surface area contributed by atoms with E-state index < -0.39 is 79.9 Å². The number of ether oxygens (including phenoxy) is 5. The monoisotopic (exact) mass is 578 g/mol. The SMILES string of the molecule is Cc1ccc(C2CC(=O)c3c(O)cc(O[C@@H]4O[C@H](CO)[C@@H](O)[C@H](O)[C@H]4O[C@@H]4O[C@@H](C)[C@H](O)[C@@H](O)[C@H]4O)cc3O2)cc1. The van der Waals surface area contributed by atoms with Crippen LogP contribution in [-0.2, 0) is 14.2 Å². The molecule has 13 heteroatoms. The molecular weight excluding hydrogens is 544 g/mol. The summed E-state index contributed by atoms with van der Waals surface area (Å²) in [5, 5.41) is 72.2. The van der Waals surface area contributed by atoms with Crippen LogP contribution < -0.4 is 9.47 Å². The van der Waals surface area contributed by atoms with Gasteiger partial charge in [-0.25, -0.2) is 0 Å². The van der Waals surface area contributed by atoms with E-state index in [1.165, 1.54) is 13.0 Å². The first-order valence-corrected chi connectivity index (χ1v) is 13.3. The first kappa shape index (κ1) is 29.6. The molecule has 41 heavy (non-hydrogen) atoms. The normalized spacial score (nSPS) is 37.3. The Labute approximate surface area is 235 Å². The third kappa shape index (κ3) is 5.78. The average molecular weight is 579 g/mol. The minimum Gasteiger partial charge on any atom is -0.507 e. The number of carbonyl (C=O) groups is 1. The van der Waals surface area contributed by atoms with E-state index in [2.05, 4.69) is 0 Å². The number of aryl methyl sites for hydroxylation is 1. The first-order chi connectivity index (χ1) is 19.5. The summed E-state index contributed by atoms with van der Waals surface area (Å²) in [6.45, 7) is 2.68. The Morgan fingerprint density at radius 1 is 0.902 bits per heavy atom. The number of ketones is 1. The molecule has 3 aliphatic heterocycles. The molecule has 0 spiro atoms. The second-order valence-corrected chi connectivity index (χ2v) is 10.6. The maximum atomic E-state index is 12.9. The number of Topliss-reactive ketones (excluding diaryl/α,β-unsaturated/α-hetero) is 1. The van der Waals surface area contributed by atoms with Gasteiger partial charge in [0.25, 0.3) is 0 Å². The molecule has 0 bridgehead atoms. The van der Waals surface area contributed by atoms with Gasteiger partial charge in [-0.15, -0.1) is 0 Å². The number of hydrogen-bond acceptors (Lipinski definition) is 13. The molecule has 7 N–H and O–H groups in total. The minimum atomic E-state index is -1.73. The summed E-state index contributed by atoms with van der Waals surface area (Å²) in [4.78, 5) is 12.9. The molecule has 1 unspecified atom stereocenters. The first-order valence-electron chi connectivity index (χ1n) is 13.3. The van der Waals surface area contributed by atoms with Crippen molar-refractivity contribution in [1.29, 1.82) is 0 Å². The second kappa shape index (κ2) is 11.8. The fourth-order valence-corrected chi connectivity index (χ4v) is 5.16. The largest absolute Gasteiger partial charge is 0.507 e. The summed E-state index contributed by atoms with van der Waals surface area (Å²) < 4.78 is 28.7. The number of hydrogen-bond donors (Lipinski definition) is 7. The van der Waals surface area contributed by atoms with Crippen LogP contribution in [-0.4, -0.2) is 110 Å². The summed E-state index contributed by atoms with van der Waals surface area (Å²) in [7, 11) is 0. The lowest BCUT2D eigenvalue weighted by Gasteiger charge is -2.45. The highest BCUT2D eigenvalue weighted by molar-refractivity contribution is 6.02. The van der Waals surface area contributed by atoms with Crippen LogP contribution in [0.1, 0.15) is 40.9 Å². The Morgan fingerprint density at radius 3 is 2.29 bits per heavy atom. The summed E-state index contributed by atoms with van der Waals surface area (Å²) in [6.07, 6.45) is -15.6. The van der Waals surface area contributed by atoms with E-state index in [0.717, 1.165) is 17.2 Å². The van der Waals surface area contributed by atoms with Gasteiger partial charge in [0, 0.05) is 12.1 Å². The molecule has 2 saturated heterocycles. The van der Waals surface area contributed by atoms with Gasteiger partial charge in [0.15, 0.2) is 18.2 Å². The molecule has 224 valence electrons. The van der Waals surface area contributed by atoms with Crippen molar-refractivity contribution in [2.75, 3.05) is 6.61 Å². The van der Waals surface area contributed by atoms with Gasteiger partial charge in [0.1, 0.15) is 65.5 Å². The molecule has 0 aromatic heterocycles. The number of phenols is 1. The van der Waals surface area contributed by atoms with E-state index in [4.69, 9.17) is 23.7 Å². The summed E-state index contributed by atoms with van der Waals surface area (Å²) in [6, 6.07) is 9.97. The van der Waals surface area contributed by atoms with Crippen LogP contribution in [0, 0.1) is 6.92 Å². The number of aliphatic hydroxyl groups is 6. The zero-order chi connectivity index (χ0) is 29.6. The summed E-state index contributed by atoms with van der Waals surface area (Å²) in [5.74, 6) is -0.777. The Morgan fingerprint density at radius 2 is 1.61 bits per heavy atom. The van der Waals surface area contributed by atoms with E-state index in [1.54, 1.807) is 0 Å². The molecule has 2 fully saturated rings. The number of benzene rings is 2. The Kier molecular flexibility index (Phi) is 8.53. The minimum absolute atomic E-state index is 0.0103. The molecule has 13 nitrogen and oxygen atoms in total. The third-order valence-electron chi connectivity index (χ3n) is 7.60. The molecule has 0 aliphatic carbocycles. The Bertz CT molecular complexity index is 1240. The van der Waals surface area contributed by atoms with Crippen LogP contribution >= 0.6 is 0 Å². The lowest BCUT2D eigenvalue weighted by Crippen LogP contribution is -2.64. The number of carbonyl (C=O) groups excluding carboxylic acids is 1. The predicted molar refractivity (Wildman–Crippen MR) is 137 cm³/mol. The number of aliphatic hydroxyl groups excluding tert-OH is 6. The highest BCUT2D eigenvalue weighted by atomic mass is 16.8. The highest BCUT2D eigenvalue weighted by Gasteiger charge is 2.51. The van der Waals surface area contributed by atoms with Crippen LogP contribution in [0.3, 0.4) is 0 Å². The Hall–Kier alpha value is -2.85. The molecule has 2 aromatic rings. The molecule has 0 amide bonds. The number of phenolic OH excluding ortho intramolecular Hbond substituents is 1. The molecule has 0 saturated carbocycles. The fraction of sp³-hybridized carbons (Fsp3) is 0.536. The van der Waals surface area contributed by atoms with Gasteiger partial charge < -0.3 is 59.4 Å². The molecule has 3 heterocycles. The van der Waals surface area contributed by atoms with Crippen LogP contribution in [0.2, 0.25) is 0 Å². The number of fused-ring (bicyclic) bond motifs is 1. The lowest BCUT2D eigenvalue weighted by atomic mass is 9.95. The maximum absolute atomic E-state index is 12.9. The topological polar surface area (TPSA) is 205 Å². The fourth-order valence-electron chi connectivity index (χ4n) is 5.16. The smallest absolute Gasteiger partial charge is 0.229 e. The Balaban J connectivity index is 1.41. The van der Waals surface area contributed by atoms with Crippen molar-refractivity contribution in [3.05, 3.63) is 53.1 Å². The molecule has 11 atom stereocenters. The van der Waals surface area contributed by atoms with Crippen molar-refractivity contribution in [1.82, 2.24) is 0 Å². The number of aromatic hydroxyl groups is 1. The molecular formula is C28H34O13. The standard InChI is InChI=1S/C28H34O13/c1-11-3-5-13(6-4-11)17-9-16(31)20-15(30)7-14(8-18(20)39-17)38-28-26(24(35)22(33)19(10-29)40-28)41-27-25(36)23(34)21(32)12(2)37-27/h3-8,12,17,19,21-30,32-36H,9-10H2,1-2H3/t12-,17?,19+,21-,22+,23+,24-,25+,26+,27-,28+/m0/s1. The van der Waals surface area contributed by atoms with Crippen LogP contribution in [0.4, 0.5) is 0 Å². The van der Waals surface area contributed by atoms with Gasteiger partial charge in [-0.3, -0.25) is 4.79 Å². The number of rotatable bonds is 6. The molecule has 2 aromatic carbocycles. The van der Waals surface area contributed by atoms with Crippen LogP contribution in [0.15, 0.2) is 36.4 Å². The van der Waals surface area contributed by atoms with Gasteiger partial charge >= 0.3 is 0 Å². The maximum Gasteiger partial charge on any atom is 0.229 e. The van der Waals surface area contributed by atoms with Crippen LogP contribution in [0.25, 0.3) is 0 Å². The zero-order valence-electron chi connectivity index (χ0n) is 22.3. The predicted octanol–water partition coefficient (Wildman–Crippen LogP) is -0.562. The average Bonchev–Trinajstić information content (AvgIpc) is 2.94. The third-order valence-corrected chi connectivity index (χ3v) is 7.60. The molecule has 5 rings (SSSR count). The molecule has 3 aliphatic rings.